The molecule has 0 spiro atoms. The quantitative estimate of drug-likeness (QED) is 0.806. The van der Waals surface area contributed by atoms with E-state index in [0.29, 0.717) is 11.1 Å². The summed E-state index contributed by atoms with van der Waals surface area (Å²) in [5.74, 6) is 1.71. The Balaban J connectivity index is 1.83. The van der Waals surface area contributed by atoms with Crippen LogP contribution in [0.25, 0.3) is 0 Å². The lowest BCUT2D eigenvalue weighted by atomic mass is 10.2. The molecule has 18 heavy (non-hydrogen) atoms. The summed E-state index contributed by atoms with van der Waals surface area (Å²) in [5, 5.41) is 4.09. The van der Waals surface area contributed by atoms with E-state index in [0.717, 1.165) is 31.2 Å². The van der Waals surface area contributed by atoms with Gasteiger partial charge in [-0.1, -0.05) is 44.4 Å². The summed E-state index contributed by atoms with van der Waals surface area (Å²) in [6.07, 6.45) is 3.90. The predicted molar refractivity (Wildman–Crippen MR) is 76.3 cm³/mol. The van der Waals surface area contributed by atoms with E-state index in [2.05, 4.69) is 25.2 Å². The second-order valence-electron chi connectivity index (χ2n) is 5.38. The van der Waals surface area contributed by atoms with Crippen molar-refractivity contribution in [1.29, 1.82) is 0 Å². The van der Waals surface area contributed by atoms with Gasteiger partial charge in [0.2, 0.25) is 0 Å². The Morgan fingerprint density at radius 3 is 2.78 bits per heavy atom. The first-order valence-corrected chi connectivity index (χ1v) is 7.17. The molecule has 1 aromatic rings. The molecule has 2 nitrogen and oxygen atoms in total. The molecule has 0 saturated heterocycles. The molecule has 1 aliphatic rings. The van der Waals surface area contributed by atoms with Gasteiger partial charge in [-0.3, -0.25) is 0 Å². The number of hydrogen-bond donors (Lipinski definition) is 1. The zero-order valence-electron chi connectivity index (χ0n) is 11.2. The number of hydrogen-bond acceptors (Lipinski definition) is 2. The normalized spacial score (nSPS) is 15.1. The summed E-state index contributed by atoms with van der Waals surface area (Å²) in [5.41, 5.74) is 1.20. The van der Waals surface area contributed by atoms with Crippen molar-refractivity contribution in [2.24, 2.45) is 5.92 Å². The molecule has 0 radical (unpaired) electrons. The average molecular weight is 268 g/mol. The number of halogens is 1. The predicted octanol–water partition coefficient (Wildman–Crippen LogP) is 4.02. The molecule has 0 bridgehead atoms. The minimum atomic E-state index is 0.484. The summed E-state index contributed by atoms with van der Waals surface area (Å²) < 4.78 is 5.72. The Bertz CT molecular complexity index is 388. The first-order chi connectivity index (χ1) is 8.65. The van der Waals surface area contributed by atoms with Crippen LogP contribution in [0.3, 0.4) is 0 Å². The van der Waals surface area contributed by atoms with Crippen molar-refractivity contribution in [3.05, 3.63) is 28.8 Å². The molecule has 100 valence electrons. The Morgan fingerprint density at radius 2 is 2.17 bits per heavy atom. The monoisotopic (exact) mass is 267 g/mol. The molecular weight excluding hydrogens is 246 g/mol. The molecule has 2 rings (SSSR count). The first-order valence-electron chi connectivity index (χ1n) is 6.80. The third-order valence-electron chi connectivity index (χ3n) is 3.19. The van der Waals surface area contributed by atoms with Crippen LogP contribution >= 0.6 is 11.6 Å². The van der Waals surface area contributed by atoms with Crippen LogP contribution in [0.2, 0.25) is 5.02 Å². The lowest BCUT2D eigenvalue weighted by Gasteiger charge is -2.11. The Labute approximate surface area is 115 Å². The fraction of sp³-hybridized carbons (Fsp3) is 0.600. The summed E-state index contributed by atoms with van der Waals surface area (Å²) in [7, 11) is 0. The standard InChI is InChI=1S/C15H22ClNO/c1-11(2)17-10-13-5-6-15(14(16)9-13)18-8-7-12-3-4-12/h5-6,9,11-12,17H,3-4,7-8,10H2,1-2H3. The van der Waals surface area contributed by atoms with Crippen LogP contribution in [0.4, 0.5) is 0 Å². The van der Waals surface area contributed by atoms with Gasteiger partial charge >= 0.3 is 0 Å². The van der Waals surface area contributed by atoms with Gasteiger partial charge in [0, 0.05) is 12.6 Å². The van der Waals surface area contributed by atoms with Crippen LogP contribution in [-0.2, 0) is 6.54 Å². The van der Waals surface area contributed by atoms with E-state index in [4.69, 9.17) is 16.3 Å². The smallest absolute Gasteiger partial charge is 0.137 e. The number of nitrogens with one attached hydrogen (secondary N) is 1. The Hall–Kier alpha value is -0.730. The zero-order chi connectivity index (χ0) is 13.0. The third kappa shape index (κ3) is 4.51. The van der Waals surface area contributed by atoms with Crippen molar-refractivity contribution in [2.75, 3.05) is 6.61 Å². The molecule has 0 amide bonds. The maximum absolute atomic E-state index is 6.22. The van der Waals surface area contributed by atoms with Crippen LogP contribution in [0.5, 0.6) is 5.75 Å². The van der Waals surface area contributed by atoms with Crippen LogP contribution < -0.4 is 10.1 Å². The van der Waals surface area contributed by atoms with Gasteiger partial charge in [0.25, 0.3) is 0 Å². The number of benzene rings is 1. The molecule has 0 unspecified atom stereocenters. The minimum absolute atomic E-state index is 0.484. The molecule has 1 aliphatic carbocycles. The Kier molecular flexibility index (Phi) is 4.90. The molecule has 0 aromatic heterocycles. The van der Waals surface area contributed by atoms with E-state index in [1.165, 1.54) is 18.4 Å². The highest BCUT2D eigenvalue weighted by Crippen LogP contribution is 2.33. The SMILES string of the molecule is CC(C)NCc1ccc(OCCC2CC2)c(Cl)c1. The summed E-state index contributed by atoms with van der Waals surface area (Å²) in [6.45, 7) is 5.90. The topological polar surface area (TPSA) is 21.3 Å². The Morgan fingerprint density at radius 1 is 1.39 bits per heavy atom. The van der Waals surface area contributed by atoms with Crippen molar-refractivity contribution in [2.45, 2.75) is 45.7 Å². The van der Waals surface area contributed by atoms with Gasteiger partial charge in [-0.05, 0) is 30.0 Å². The molecule has 3 heteroatoms. The van der Waals surface area contributed by atoms with Crippen molar-refractivity contribution < 1.29 is 4.74 Å². The van der Waals surface area contributed by atoms with E-state index < -0.39 is 0 Å². The van der Waals surface area contributed by atoms with Gasteiger partial charge in [0.05, 0.1) is 11.6 Å². The minimum Gasteiger partial charge on any atom is -0.492 e. The summed E-state index contributed by atoms with van der Waals surface area (Å²) in [4.78, 5) is 0. The summed E-state index contributed by atoms with van der Waals surface area (Å²) in [6, 6.07) is 6.53. The fourth-order valence-corrected chi connectivity index (χ4v) is 2.09. The van der Waals surface area contributed by atoms with Gasteiger partial charge in [-0.15, -0.1) is 0 Å². The lowest BCUT2D eigenvalue weighted by molar-refractivity contribution is 0.302. The van der Waals surface area contributed by atoms with Gasteiger partial charge in [0.15, 0.2) is 0 Å². The number of ether oxygens (including phenoxy) is 1. The number of rotatable bonds is 7. The highest BCUT2D eigenvalue weighted by Gasteiger charge is 2.20. The second-order valence-corrected chi connectivity index (χ2v) is 5.79. The maximum Gasteiger partial charge on any atom is 0.137 e. The highest BCUT2D eigenvalue weighted by atomic mass is 35.5. The fourth-order valence-electron chi connectivity index (χ4n) is 1.84. The van der Waals surface area contributed by atoms with E-state index in [1.54, 1.807) is 0 Å². The van der Waals surface area contributed by atoms with Gasteiger partial charge in [0.1, 0.15) is 5.75 Å². The zero-order valence-corrected chi connectivity index (χ0v) is 12.0. The second kappa shape index (κ2) is 6.44. The maximum atomic E-state index is 6.22. The summed E-state index contributed by atoms with van der Waals surface area (Å²) >= 11 is 6.22. The lowest BCUT2D eigenvalue weighted by Crippen LogP contribution is -2.21. The molecule has 1 saturated carbocycles. The first kappa shape index (κ1) is 13.7. The molecule has 0 atom stereocenters. The van der Waals surface area contributed by atoms with E-state index in [1.807, 2.05) is 12.1 Å². The van der Waals surface area contributed by atoms with Crippen molar-refractivity contribution >= 4 is 11.6 Å². The van der Waals surface area contributed by atoms with E-state index in [9.17, 15) is 0 Å². The van der Waals surface area contributed by atoms with Gasteiger partial charge in [-0.2, -0.15) is 0 Å². The van der Waals surface area contributed by atoms with E-state index in [-0.39, 0.29) is 0 Å². The molecular formula is C15H22ClNO. The van der Waals surface area contributed by atoms with Crippen molar-refractivity contribution in [1.82, 2.24) is 5.32 Å². The molecule has 1 fully saturated rings. The largest absolute Gasteiger partial charge is 0.492 e. The van der Waals surface area contributed by atoms with E-state index >= 15 is 0 Å². The molecule has 1 aromatic carbocycles. The van der Waals surface area contributed by atoms with Crippen molar-refractivity contribution in [3.63, 3.8) is 0 Å². The molecule has 1 N–H and O–H groups in total. The van der Waals surface area contributed by atoms with Gasteiger partial charge in [-0.25, -0.2) is 0 Å². The highest BCUT2D eigenvalue weighted by molar-refractivity contribution is 6.32. The van der Waals surface area contributed by atoms with Crippen LogP contribution in [0.15, 0.2) is 18.2 Å². The van der Waals surface area contributed by atoms with Crippen LogP contribution in [0.1, 0.15) is 38.7 Å². The molecule has 0 aliphatic heterocycles. The third-order valence-corrected chi connectivity index (χ3v) is 3.49. The van der Waals surface area contributed by atoms with Crippen LogP contribution in [0, 0.1) is 5.92 Å². The van der Waals surface area contributed by atoms with Gasteiger partial charge < -0.3 is 10.1 Å². The molecule has 0 heterocycles. The van der Waals surface area contributed by atoms with Crippen molar-refractivity contribution in [3.8, 4) is 5.75 Å². The average Bonchev–Trinajstić information content (AvgIpc) is 3.13. The van der Waals surface area contributed by atoms with Crippen LogP contribution in [-0.4, -0.2) is 12.6 Å².